The largest absolute Gasteiger partial charge is 0.443 e. The number of ether oxygens (including phenoxy) is 1. The van der Waals surface area contributed by atoms with Gasteiger partial charge in [0, 0.05) is 29.9 Å². The van der Waals surface area contributed by atoms with Crippen LogP contribution in [0, 0.1) is 0 Å². The molecular formula is C28H39ClN6O3Si. The van der Waals surface area contributed by atoms with E-state index in [9.17, 15) is 4.79 Å². The Labute approximate surface area is 237 Å². The summed E-state index contributed by atoms with van der Waals surface area (Å²) in [5.74, 6) is 1.20. The van der Waals surface area contributed by atoms with Crippen LogP contribution in [0.15, 0.2) is 48.9 Å². The highest BCUT2D eigenvalue weighted by Crippen LogP contribution is 2.36. The van der Waals surface area contributed by atoms with Crippen molar-refractivity contribution in [1.29, 1.82) is 0 Å². The van der Waals surface area contributed by atoms with Crippen molar-refractivity contribution in [3.63, 3.8) is 0 Å². The van der Waals surface area contributed by atoms with Crippen LogP contribution in [0.3, 0.4) is 0 Å². The molecule has 11 heteroatoms. The average molecular weight is 571 g/mol. The molecule has 0 aliphatic carbocycles. The van der Waals surface area contributed by atoms with Crippen LogP contribution >= 0.6 is 11.6 Å². The number of aromatic nitrogens is 4. The van der Waals surface area contributed by atoms with Crippen molar-refractivity contribution in [3.05, 3.63) is 53.9 Å². The van der Waals surface area contributed by atoms with Crippen molar-refractivity contribution in [2.75, 3.05) is 23.4 Å². The highest BCUT2D eigenvalue weighted by molar-refractivity contribution is 6.74. The predicted octanol–water partition coefficient (Wildman–Crippen LogP) is 7.48. The summed E-state index contributed by atoms with van der Waals surface area (Å²) in [7, 11) is -1.76. The maximum atomic E-state index is 13.2. The molecule has 210 valence electrons. The summed E-state index contributed by atoms with van der Waals surface area (Å²) < 4.78 is 11.9. The third kappa shape index (κ3) is 8.71. The minimum atomic E-state index is -1.76. The number of rotatable bonds is 9. The molecular weight excluding hydrogens is 532 g/mol. The molecule has 3 rings (SSSR count). The van der Waals surface area contributed by atoms with E-state index in [1.807, 2.05) is 12.1 Å². The molecule has 0 fully saturated rings. The topological polar surface area (TPSA) is 102 Å². The van der Waals surface area contributed by atoms with E-state index in [-0.39, 0.29) is 11.0 Å². The molecule has 0 radical (unpaired) electrons. The first-order valence-corrected chi connectivity index (χ1v) is 16.3. The van der Waals surface area contributed by atoms with Crippen molar-refractivity contribution >= 4 is 43.5 Å². The van der Waals surface area contributed by atoms with Gasteiger partial charge in [0.1, 0.15) is 17.7 Å². The number of pyridine rings is 1. The van der Waals surface area contributed by atoms with E-state index in [1.54, 1.807) is 51.2 Å². The summed E-state index contributed by atoms with van der Waals surface area (Å²) in [6, 6.07) is 10.5. The standard InChI is InChI=1S/C28H39ClN6O3Si/c1-27(2,3)38-26(36)35(22-12-9-11-21(29)18-22)25-33-19-32-24(34-25)20-13-15-31-23(17-20)30-14-10-16-37-39(7,8)28(4,5)6/h9,11-13,15,17-19H,10,14,16H2,1-8H3,(H,30,31). The van der Waals surface area contributed by atoms with E-state index < -0.39 is 20.0 Å². The van der Waals surface area contributed by atoms with Gasteiger partial charge in [0.2, 0.25) is 5.95 Å². The summed E-state index contributed by atoms with van der Waals surface area (Å²) >= 11 is 6.21. The third-order valence-corrected chi connectivity index (χ3v) is 11.1. The Morgan fingerprint density at radius 3 is 2.46 bits per heavy atom. The van der Waals surface area contributed by atoms with Gasteiger partial charge in [-0.25, -0.2) is 24.6 Å². The summed E-state index contributed by atoms with van der Waals surface area (Å²) in [5, 5.41) is 4.00. The maximum absolute atomic E-state index is 13.2. The van der Waals surface area contributed by atoms with Gasteiger partial charge in [-0.05, 0) is 75.7 Å². The van der Waals surface area contributed by atoms with Crippen LogP contribution in [0.4, 0.5) is 22.2 Å². The van der Waals surface area contributed by atoms with Crippen LogP contribution in [-0.2, 0) is 9.16 Å². The number of nitrogens with one attached hydrogen (secondary N) is 1. The van der Waals surface area contributed by atoms with Crippen LogP contribution in [-0.4, -0.2) is 53.1 Å². The van der Waals surface area contributed by atoms with E-state index in [0.717, 1.165) is 12.0 Å². The number of nitrogens with zero attached hydrogens (tertiary/aromatic N) is 5. The second-order valence-corrected chi connectivity index (χ2v) is 17.0. The van der Waals surface area contributed by atoms with Gasteiger partial charge in [-0.2, -0.15) is 4.98 Å². The number of halogens is 1. The summed E-state index contributed by atoms with van der Waals surface area (Å²) in [6.07, 6.45) is 3.29. The second kappa shape index (κ2) is 12.4. The van der Waals surface area contributed by atoms with Crippen LogP contribution in [0.2, 0.25) is 23.2 Å². The number of carbonyl (C=O) groups is 1. The zero-order chi connectivity index (χ0) is 28.8. The molecule has 0 bridgehead atoms. The molecule has 2 aromatic heterocycles. The lowest BCUT2D eigenvalue weighted by Gasteiger charge is -2.36. The summed E-state index contributed by atoms with van der Waals surface area (Å²) in [6.45, 7) is 18.0. The Kier molecular flexibility index (Phi) is 9.68. The SMILES string of the molecule is CC(C)(C)OC(=O)N(c1cccc(Cl)c1)c1ncnc(-c2ccnc(NCCCO[Si](C)(C)C(C)(C)C)c2)n1. The lowest BCUT2D eigenvalue weighted by Crippen LogP contribution is -2.41. The molecule has 1 N–H and O–H groups in total. The summed E-state index contributed by atoms with van der Waals surface area (Å²) in [5.41, 5.74) is 0.486. The number of benzene rings is 1. The fourth-order valence-electron chi connectivity index (χ4n) is 3.26. The molecule has 9 nitrogen and oxygen atoms in total. The van der Waals surface area contributed by atoms with E-state index in [2.05, 4.69) is 59.1 Å². The van der Waals surface area contributed by atoms with E-state index in [1.165, 1.54) is 11.2 Å². The molecule has 0 aliphatic rings. The number of hydrogen-bond acceptors (Lipinski definition) is 8. The van der Waals surface area contributed by atoms with Gasteiger partial charge in [0.15, 0.2) is 14.1 Å². The third-order valence-electron chi connectivity index (χ3n) is 6.32. The Morgan fingerprint density at radius 2 is 1.79 bits per heavy atom. The highest BCUT2D eigenvalue weighted by atomic mass is 35.5. The predicted molar refractivity (Wildman–Crippen MR) is 159 cm³/mol. The van der Waals surface area contributed by atoms with Crippen molar-refractivity contribution in [2.45, 2.75) is 71.7 Å². The molecule has 1 amide bonds. The second-order valence-electron chi connectivity index (χ2n) is 11.7. The van der Waals surface area contributed by atoms with Crippen molar-refractivity contribution in [1.82, 2.24) is 19.9 Å². The molecule has 39 heavy (non-hydrogen) atoms. The molecule has 0 saturated heterocycles. The Balaban J connectivity index is 1.77. The molecule has 2 heterocycles. The minimum absolute atomic E-state index is 0.116. The number of carbonyl (C=O) groups excluding carboxylic acids is 1. The first-order chi connectivity index (χ1) is 18.2. The fourth-order valence-corrected chi connectivity index (χ4v) is 4.53. The Hall–Kier alpha value is -3.08. The lowest BCUT2D eigenvalue weighted by molar-refractivity contribution is 0.0597. The van der Waals surface area contributed by atoms with Crippen LogP contribution in [0.5, 0.6) is 0 Å². The highest BCUT2D eigenvalue weighted by Gasteiger charge is 2.36. The molecule has 0 aliphatic heterocycles. The molecule has 3 aromatic rings. The molecule has 0 atom stereocenters. The van der Waals surface area contributed by atoms with E-state index in [0.29, 0.717) is 35.5 Å². The van der Waals surface area contributed by atoms with E-state index >= 15 is 0 Å². The molecule has 0 unspecified atom stereocenters. The van der Waals surface area contributed by atoms with Crippen LogP contribution < -0.4 is 10.2 Å². The fraction of sp³-hybridized carbons (Fsp3) is 0.464. The zero-order valence-electron chi connectivity index (χ0n) is 24.1. The Morgan fingerprint density at radius 1 is 1.05 bits per heavy atom. The lowest BCUT2D eigenvalue weighted by atomic mass is 10.2. The minimum Gasteiger partial charge on any atom is -0.443 e. The molecule has 1 aromatic carbocycles. The Bertz CT molecular complexity index is 1280. The van der Waals surface area contributed by atoms with E-state index in [4.69, 9.17) is 20.8 Å². The number of anilines is 3. The summed E-state index contributed by atoms with van der Waals surface area (Å²) in [4.78, 5) is 32.1. The normalized spacial score (nSPS) is 12.2. The van der Waals surface area contributed by atoms with Gasteiger partial charge in [-0.3, -0.25) is 0 Å². The molecule has 0 saturated carbocycles. The smallest absolute Gasteiger partial charge is 0.421 e. The maximum Gasteiger partial charge on any atom is 0.421 e. The van der Waals surface area contributed by atoms with Crippen molar-refractivity contribution < 1.29 is 14.0 Å². The van der Waals surface area contributed by atoms with Crippen LogP contribution in [0.25, 0.3) is 11.4 Å². The zero-order valence-corrected chi connectivity index (χ0v) is 25.8. The first kappa shape index (κ1) is 30.5. The quantitative estimate of drug-likeness (QED) is 0.208. The molecule has 0 spiro atoms. The number of amides is 1. The van der Waals surface area contributed by atoms with Crippen molar-refractivity contribution in [3.8, 4) is 11.4 Å². The van der Waals surface area contributed by atoms with Gasteiger partial charge in [-0.15, -0.1) is 0 Å². The first-order valence-electron chi connectivity index (χ1n) is 13.0. The van der Waals surface area contributed by atoms with Gasteiger partial charge < -0.3 is 14.5 Å². The van der Waals surface area contributed by atoms with Crippen molar-refractivity contribution in [2.24, 2.45) is 0 Å². The monoisotopic (exact) mass is 570 g/mol. The average Bonchev–Trinajstić information content (AvgIpc) is 2.82. The van der Waals surface area contributed by atoms with Gasteiger partial charge in [-0.1, -0.05) is 38.4 Å². The number of hydrogen-bond donors (Lipinski definition) is 1. The van der Waals surface area contributed by atoms with Gasteiger partial charge >= 0.3 is 6.09 Å². The van der Waals surface area contributed by atoms with Gasteiger partial charge in [0.05, 0.1) is 5.69 Å². The van der Waals surface area contributed by atoms with Gasteiger partial charge in [0.25, 0.3) is 0 Å². The van der Waals surface area contributed by atoms with Crippen LogP contribution in [0.1, 0.15) is 48.0 Å².